The molecular weight excluding hydrogens is 367 g/mol. The second-order valence-corrected chi connectivity index (χ2v) is 8.00. The van der Waals surface area contributed by atoms with Gasteiger partial charge in [0, 0.05) is 19.0 Å². The summed E-state index contributed by atoms with van der Waals surface area (Å²) in [5.41, 5.74) is 1.88. The molecule has 0 saturated carbocycles. The van der Waals surface area contributed by atoms with Crippen LogP contribution in [0.15, 0.2) is 48.5 Å². The van der Waals surface area contributed by atoms with Gasteiger partial charge in [-0.15, -0.1) is 0 Å². The molecule has 5 heteroatoms. The molecular formula is C24H31FN2O2. The summed E-state index contributed by atoms with van der Waals surface area (Å²) in [5.74, 6) is 0.829. The van der Waals surface area contributed by atoms with Crippen molar-refractivity contribution in [3.63, 3.8) is 0 Å². The van der Waals surface area contributed by atoms with Gasteiger partial charge in [-0.05, 0) is 75.5 Å². The van der Waals surface area contributed by atoms with Crippen LogP contribution in [0.25, 0.3) is 0 Å². The molecule has 1 heterocycles. The molecule has 29 heavy (non-hydrogen) atoms. The van der Waals surface area contributed by atoms with Crippen molar-refractivity contribution in [2.24, 2.45) is 5.92 Å². The monoisotopic (exact) mass is 398 g/mol. The summed E-state index contributed by atoms with van der Waals surface area (Å²) in [6.45, 7) is 7.21. The Morgan fingerprint density at radius 2 is 1.93 bits per heavy atom. The minimum atomic E-state index is -0.210. The molecule has 1 aliphatic heterocycles. The number of carbonyl (C=O) groups excluding carboxylic acids is 1. The molecule has 0 unspecified atom stereocenters. The van der Waals surface area contributed by atoms with Crippen LogP contribution in [0.3, 0.4) is 0 Å². The number of hydrogen-bond acceptors (Lipinski definition) is 3. The molecule has 0 spiro atoms. The van der Waals surface area contributed by atoms with Crippen molar-refractivity contribution in [2.75, 3.05) is 19.6 Å². The Morgan fingerprint density at radius 3 is 2.66 bits per heavy atom. The number of halogens is 1. The average molecular weight is 399 g/mol. The van der Waals surface area contributed by atoms with E-state index >= 15 is 0 Å². The second-order valence-electron chi connectivity index (χ2n) is 8.00. The lowest BCUT2D eigenvalue weighted by Gasteiger charge is -2.31. The minimum Gasteiger partial charge on any atom is -0.491 e. The summed E-state index contributed by atoms with van der Waals surface area (Å²) >= 11 is 0. The zero-order valence-electron chi connectivity index (χ0n) is 17.4. The van der Waals surface area contributed by atoms with Crippen molar-refractivity contribution in [2.45, 2.75) is 45.8 Å². The van der Waals surface area contributed by atoms with Gasteiger partial charge in [0.25, 0.3) is 0 Å². The number of nitrogens with zero attached hydrogens (tertiary/aromatic N) is 1. The number of hydrogen-bond donors (Lipinski definition) is 1. The Morgan fingerprint density at radius 1 is 1.17 bits per heavy atom. The van der Waals surface area contributed by atoms with E-state index in [1.807, 2.05) is 32.0 Å². The first-order valence-corrected chi connectivity index (χ1v) is 10.5. The first-order chi connectivity index (χ1) is 14.0. The molecule has 1 N–H and O–H groups in total. The van der Waals surface area contributed by atoms with Gasteiger partial charge in [-0.25, -0.2) is 4.39 Å². The molecule has 1 amide bonds. The Balaban J connectivity index is 1.41. The maximum Gasteiger partial charge on any atom is 0.223 e. The normalized spacial score (nSPS) is 15.4. The van der Waals surface area contributed by atoms with Crippen LogP contribution in [-0.2, 0) is 17.8 Å². The predicted molar refractivity (Wildman–Crippen MR) is 113 cm³/mol. The second kappa shape index (κ2) is 10.4. The van der Waals surface area contributed by atoms with Gasteiger partial charge in [0.1, 0.15) is 11.6 Å². The highest BCUT2D eigenvalue weighted by molar-refractivity contribution is 5.78. The first kappa shape index (κ1) is 21.3. The van der Waals surface area contributed by atoms with Crippen LogP contribution in [0.5, 0.6) is 5.75 Å². The molecule has 3 rings (SSSR count). The predicted octanol–water partition coefficient (Wildman–Crippen LogP) is 4.18. The van der Waals surface area contributed by atoms with E-state index in [1.54, 1.807) is 12.1 Å². The highest BCUT2D eigenvalue weighted by atomic mass is 19.1. The third-order valence-corrected chi connectivity index (χ3v) is 5.29. The van der Waals surface area contributed by atoms with Crippen molar-refractivity contribution < 1.29 is 13.9 Å². The zero-order valence-corrected chi connectivity index (χ0v) is 17.4. The van der Waals surface area contributed by atoms with Crippen LogP contribution in [0, 0.1) is 11.7 Å². The van der Waals surface area contributed by atoms with E-state index in [0.717, 1.165) is 38.2 Å². The highest BCUT2D eigenvalue weighted by Gasteiger charge is 2.24. The van der Waals surface area contributed by atoms with E-state index in [2.05, 4.69) is 22.3 Å². The van der Waals surface area contributed by atoms with E-state index in [9.17, 15) is 9.18 Å². The van der Waals surface area contributed by atoms with Crippen molar-refractivity contribution in [1.82, 2.24) is 10.2 Å². The Hall–Kier alpha value is -2.40. The van der Waals surface area contributed by atoms with Crippen molar-refractivity contribution >= 4 is 5.91 Å². The topological polar surface area (TPSA) is 41.6 Å². The fourth-order valence-electron chi connectivity index (χ4n) is 3.77. The fraction of sp³-hybridized carbons (Fsp3) is 0.458. The van der Waals surface area contributed by atoms with Gasteiger partial charge >= 0.3 is 0 Å². The number of likely N-dealkylation sites (tertiary alicyclic amines) is 1. The van der Waals surface area contributed by atoms with Crippen LogP contribution < -0.4 is 10.1 Å². The maximum absolute atomic E-state index is 13.7. The van der Waals surface area contributed by atoms with E-state index < -0.39 is 0 Å². The molecule has 1 saturated heterocycles. The van der Waals surface area contributed by atoms with Gasteiger partial charge < -0.3 is 10.1 Å². The van der Waals surface area contributed by atoms with Gasteiger partial charge in [0.05, 0.1) is 6.10 Å². The van der Waals surface area contributed by atoms with Crippen LogP contribution >= 0.6 is 0 Å². The van der Waals surface area contributed by atoms with E-state index in [-0.39, 0.29) is 23.7 Å². The van der Waals surface area contributed by atoms with E-state index in [4.69, 9.17) is 4.74 Å². The number of amides is 1. The lowest BCUT2D eigenvalue weighted by molar-refractivity contribution is -0.126. The standard InChI is InChI=1S/C24H31FN2O2/c1-18(2)29-22-8-5-6-19(16-22)17-27-14-11-21(12-15-27)24(28)26-13-10-20-7-3-4-9-23(20)25/h3-9,16,18,21H,10-15,17H2,1-2H3,(H,26,28). The summed E-state index contributed by atoms with van der Waals surface area (Å²) < 4.78 is 19.4. The number of piperidine rings is 1. The molecule has 4 nitrogen and oxygen atoms in total. The molecule has 156 valence electrons. The van der Waals surface area contributed by atoms with Crippen LogP contribution in [0.2, 0.25) is 0 Å². The third-order valence-electron chi connectivity index (χ3n) is 5.29. The molecule has 0 aromatic heterocycles. The van der Waals surface area contributed by atoms with E-state index in [1.165, 1.54) is 11.6 Å². The molecule has 0 aliphatic carbocycles. The lowest BCUT2D eigenvalue weighted by Crippen LogP contribution is -2.40. The van der Waals surface area contributed by atoms with Gasteiger partial charge in [-0.1, -0.05) is 30.3 Å². The summed E-state index contributed by atoms with van der Waals surface area (Å²) in [6, 6.07) is 15.0. The summed E-state index contributed by atoms with van der Waals surface area (Å²) in [5, 5.41) is 2.98. The smallest absolute Gasteiger partial charge is 0.223 e. The molecule has 2 aromatic rings. The first-order valence-electron chi connectivity index (χ1n) is 10.5. The summed E-state index contributed by atoms with van der Waals surface area (Å²) in [7, 11) is 0. The number of nitrogens with one attached hydrogen (secondary N) is 1. The Bertz CT molecular complexity index is 801. The van der Waals surface area contributed by atoms with E-state index in [0.29, 0.717) is 18.5 Å². The zero-order chi connectivity index (χ0) is 20.6. The molecule has 1 aliphatic rings. The number of ether oxygens (including phenoxy) is 1. The minimum absolute atomic E-state index is 0.0440. The summed E-state index contributed by atoms with van der Waals surface area (Å²) in [6.07, 6.45) is 2.39. The molecule has 1 fully saturated rings. The molecule has 0 atom stereocenters. The van der Waals surface area contributed by atoms with Crippen LogP contribution in [0.4, 0.5) is 4.39 Å². The van der Waals surface area contributed by atoms with Crippen molar-refractivity contribution in [3.05, 3.63) is 65.5 Å². The fourth-order valence-corrected chi connectivity index (χ4v) is 3.77. The average Bonchev–Trinajstić information content (AvgIpc) is 2.70. The number of carbonyl (C=O) groups is 1. The van der Waals surface area contributed by atoms with Crippen LogP contribution in [-0.4, -0.2) is 36.5 Å². The van der Waals surface area contributed by atoms with Crippen molar-refractivity contribution in [3.8, 4) is 5.75 Å². The number of benzene rings is 2. The maximum atomic E-state index is 13.7. The quantitative estimate of drug-likeness (QED) is 0.725. The largest absolute Gasteiger partial charge is 0.491 e. The molecule has 2 aromatic carbocycles. The Labute approximate surface area is 173 Å². The third kappa shape index (κ3) is 6.57. The number of rotatable bonds is 8. The van der Waals surface area contributed by atoms with Gasteiger partial charge in [0.15, 0.2) is 0 Å². The van der Waals surface area contributed by atoms with Gasteiger partial charge in [-0.3, -0.25) is 9.69 Å². The Kier molecular flexibility index (Phi) is 7.64. The lowest BCUT2D eigenvalue weighted by atomic mass is 9.95. The van der Waals surface area contributed by atoms with Gasteiger partial charge in [-0.2, -0.15) is 0 Å². The van der Waals surface area contributed by atoms with Crippen LogP contribution in [0.1, 0.15) is 37.8 Å². The van der Waals surface area contributed by atoms with Crippen molar-refractivity contribution in [1.29, 1.82) is 0 Å². The summed E-state index contributed by atoms with van der Waals surface area (Å²) in [4.78, 5) is 14.8. The SMILES string of the molecule is CC(C)Oc1cccc(CN2CCC(C(=O)NCCc3ccccc3F)CC2)c1. The highest BCUT2D eigenvalue weighted by Crippen LogP contribution is 2.21. The van der Waals surface area contributed by atoms with Gasteiger partial charge in [0.2, 0.25) is 5.91 Å². The molecule has 0 radical (unpaired) electrons. The molecule has 0 bridgehead atoms.